The molecule has 1 heterocycles. The van der Waals surface area contributed by atoms with Crippen molar-refractivity contribution in [1.29, 1.82) is 0 Å². The Balaban J connectivity index is 2.37. The average molecular weight is 304 g/mol. The van der Waals surface area contributed by atoms with Gasteiger partial charge in [0.1, 0.15) is 6.04 Å². The van der Waals surface area contributed by atoms with Crippen LogP contribution in [0.5, 0.6) is 0 Å². The maximum Gasteiger partial charge on any atom is 0.251 e. The molecular formula is C17H24N2O3. The summed E-state index contributed by atoms with van der Waals surface area (Å²) < 4.78 is 5.59. The van der Waals surface area contributed by atoms with Crippen LogP contribution in [-0.4, -0.2) is 46.6 Å². The Morgan fingerprint density at radius 1 is 1.32 bits per heavy atom. The van der Waals surface area contributed by atoms with Crippen LogP contribution in [0, 0.1) is 0 Å². The van der Waals surface area contributed by atoms with Crippen LogP contribution in [0.3, 0.4) is 0 Å². The number of aliphatic hydroxyl groups excluding tert-OH is 1. The molecule has 0 fully saturated rings. The second-order valence-electron chi connectivity index (χ2n) is 5.59. The zero-order valence-corrected chi connectivity index (χ0v) is 13.6. The second-order valence-corrected chi connectivity index (χ2v) is 5.59. The van der Waals surface area contributed by atoms with E-state index in [0.717, 1.165) is 5.56 Å². The Bertz CT molecular complexity index is 542. The molecule has 0 unspecified atom stereocenters. The van der Waals surface area contributed by atoms with E-state index in [1.807, 2.05) is 51.1 Å². The number of amides is 1. The van der Waals surface area contributed by atoms with Crippen LogP contribution in [0.4, 0.5) is 0 Å². The summed E-state index contributed by atoms with van der Waals surface area (Å²) in [7, 11) is 0. The van der Waals surface area contributed by atoms with Crippen molar-refractivity contribution in [3.8, 4) is 0 Å². The summed E-state index contributed by atoms with van der Waals surface area (Å²) >= 11 is 0. The lowest BCUT2D eigenvalue weighted by molar-refractivity contribution is -0.139. The minimum absolute atomic E-state index is 0.115. The number of ether oxygens (including phenoxy) is 1. The minimum atomic E-state index is -0.846. The van der Waals surface area contributed by atoms with Gasteiger partial charge >= 0.3 is 0 Å². The van der Waals surface area contributed by atoms with Crippen molar-refractivity contribution in [2.45, 2.75) is 51.9 Å². The topological polar surface area (TPSA) is 62.1 Å². The van der Waals surface area contributed by atoms with Crippen LogP contribution in [0.2, 0.25) is 0 Å². The van der Waals surface area contributed by atoms with Crippen LogP contribution in [0.25, 0.3) is 0 Å². The maximum atomic E-state index is 12.7. The van der Waals surface area contributed by atoms with Gasteiger partial charge in [-0.1, -0.05) is 30.3 Å². The number of aliphatic imine (C=N–C) groups is 1. The number of carbonyl (C=O) groups excluding carboxylic acids is 1. The molecule has 1 aliphatic rings. The number of hydrogen-bond donors (Lipinski definition) is 1. The molecule has 0 aromatic heterocycles. The highest BCUT2D eigenvalue weighted by molar-refractivity contribution is 5.95. The molecule has 1 N–H and O–H groups in total. The molecule has 0 bridgehead atoms. The molecule has 5 nitrogen and oxygen atoms in total. The number of rotatable bonds is 4. The molecule has 0 saturated heterocycles. The Morgan fingerprint density at radius 3 is 2.50 bits per heavy atom. The van der Waals surface area contributed by atoms with Crippen LogP contribution < -0.4 is 0 Å². The predicted molar refractivity (Wildman–Crippen MR) is 85.7 cm³/mol. The third-order valence-corrected chi connectivity index (χ3v) is 4.00. The van der Waals surface area contributed by atoms with Crippen molar-refractivity contribution in [3.63, 3.8) is 0 Å². The van der Waals surface area contributed by atoms with Crippen molar-refractivity contribution < 1.29 is 14.6 Å². The molecule has 4 atom stereocenters. The van der Waals surface area contributed by atoms with Gasteiger partial charge in [0, 0.05) is 0 Å². The van der Waals surface area contributed by atoms with Gasteiger partial charge in [-0.15, -0.1) is 0 Å². The Kier molecular flexibility index (Phi) is 5.19. The lowest BCUT2D eigenvalue weighted by Gasteiger charge is -2.40. The fraction of sp³-hybridized carbons (Fsp3) is 0.529. The summed E-state index contributed by atoms with van der Waals surface area (Å²) in [4.78, 5) is 18.8. The standard InChI is InChI=1S/C17H24N2O3/c1-5-22-16-12(3)19(17(21)15(18-16)13(4)20)11(2)14-9-7-6-8-10-14/h6-13,15,20H,5H2,1-4H3/t11-,12+,13+,15-/m0/s1. The van der Waals surface area contributed by atoms with Crippen molar-refractivity contribution in [3.05, 3.63) is 35.9 Å². The highest BCUT2D eigenvalue weighted by atomic mass is 16.5. The van der Waals surface area contributed by atoms with Crippen molar-refractivity contribution in [1.82, 2.24) is 4.90 Å². The van der Waals surface area contributed by atoms with Gasteiger partial charge < -0.3 is 14.7 Å². The van der Waals surface area contributed by atoms with Crippen LogP contribution in [0.15, 0.2) is 35.3 Å². The SMILES string of the molecule is CCOC1=N[C@@H]([C@@H](C)O)C(=O)N([C@@H](C)c2ccccc2)[C@@H]1C. The van der Waals surface area contributed by atoms with Crippen LogP contribution in [-0.2, 0) is 9.53 Å². The van der Waals surface area contributed by atoms with E-state index >= 15 is 0 Å². The highest BCUT2D eigenvalue weighted by Gasteiger charge is 2.41. The molecule has 1 aromatic carbocycles. The number of nitrogens with zero attached hydrogens (tertiary/aromatic N) is 2. The number of aliphatic hydroxyl groups is 1. The average Bonchev–Trinajstić information content (AvgIpc) is 2.50. The first-order valence-corrected chi connectivity index (χ1v) is 7.73. The first-order valence-electron chi connectivity index (χ1n) is 7.73. The molecule has 1 aliphatic heterocycles. The lowest BCUT2D eigenvalue weighted by atomic mass is 10.00. The Labute approximate surface area is 131 Å². The van der Waals surface area contributed by atoms with Crippen LogP contribution in [0.1, 0.15) is 39.3 Å². The van der Waals surface area contributed by atoms with Gasteiger partial charge in [-0.2, -0.15) is 0 Å². The van der Waals surface area contributed by atoms with Crippen molar-refractivity contribution in [2.24, 2.45) is 4.99 Å². The van der Waals surface area contributed by atoms with E-state index in [1.54, 1.807) is 11.8 Å². The molecule has 0 saturated carbocycles. The molecule has 1 aromatic rings. The van der Waals surface area contributed by atoms with Gasteiger partial charge in [-0.05, 0) is 33.3 Å². The molecule has 1 amide bonds. The Morgan fingerprint density at radius 2 is 1.95 bits per heavy atom. The number of carbonyl (C=O) groups is 1. The summed E-state index contributed by atoms with van der Waals surface area (Å²) in [6.07, 6.45) is -0.846. The molecule has 0 radical (unpaired) electrons. The van der Waals surface area contributed by atoms with E-state index in [0.29, 0.717) is 12.5 Å². The number of benzene rings is 1. The van der Waals surface area contributed by atoms with Gasteiger partial charge in [0.25, 0.3) is 5.91 Å². The van der Waals surface area contributed by atoms with E-state index in [9.17, 15) is 9.90 Å². The third-order valence-electron chi connectivity index (χ3n) is 4.00. The van der Waals surface area contributed by atoms with Gasteiger partial charge in [0.2, 0.25) is 5.90 Å². The zero-order valence-electron chi connectivity index (χ0n) is 13.6. The van der Waals surface area contributed by atoms with Gasteiger partial charge in [0.15, 0.2) is 6.04 Å². The van der Waals surface area contributed by atoms with Gasteiger partial charge in [-0.3, -0.25) is 4.79 Å². The van der Waals surface area contributed by atoms with E-state index in [2.05, 4.69) is 4.99 Å². The quantitative estimate of drug-likeness (QED) is 0.927. The molecule has 120 valence electrons. The first-order chi connectivity index (χ1) is 10.5. The van der Waals surface area contributed by atoms with Gasteiger partial charge in [0.05, 0.1) is 18.8 Å². The molecular weight excluding hydrogens is 280 g/mol. The predicted octanol–water partition coefficient (Wildman–Crippen LogP) is 2.16. The largest absolute Gasteiger partial charge is 0.480 e. The van der Waals surface area contributed by atoms with E-state index in [4.69, 9.17) is 4.74 Å². The molecule has 5 heteroatoms. The summed E-state index contributed by atoms with van der Waals surface area (Å²) in [5.74, 6) is 0.345. The first kappa shape index (κ1) is 16.5. The normalized spacial score (nSPS) is 24.7. The van der Waals surface area contributed by atoms with Crippen LogP contribution >= 0.6 is 0 Å². The molecule has 22 heavy (non-hydrogen) atoms. The summed E-state index contributed by atoms with van der Waals surface area (Å²) in [5, 5.41) is 9.88. The van der Waals surface area contributed by atoms with Crippen molar-refractivity contribution in [2.75, 3.05) is 6.61 Å². The molecule has 2 rings (SSSR count). The Hall–Kier alpha value is -1.88. The second kappa shape index (κ2) is 6.92. The molecule has 0 aliphatic carbocycles. The van der Waals surface area contributed by atoms with E-state index < -0.39 is 12.1 Å². The summed E-state index contributed by atoms with van der Waals surface area (Å²) in [5.41, 5.74) is 1.05. The van der Waals surface area contributed by atoms with E-state index in [-0.39, 0.29) is 18.0 Å². The van der Waals surface area contributed by atoms with Gasteiger partial charge in [-0.25, -0.2) is 4.99 Å². The molecule has 0 spiro atoms. The summed E-state index contributed by atoms with van der Waals surface area (Å²) in [6.45, 7) is 7.84. The van der Waals surface area contributed by atoms with E-state index in [1.165, 1.54) is 0 Å². The van der Waals surface area contributed by atoms with Crippen molar-refractivity contribution >= 4 is 11.8 Å². The third kappa shape index (κ3) is 3.14. The monoisotopic (exact) mass is 304 g/mol. The minimum Gasteiger partial charge on any atom is -0.480 e. The smallest absolute Gasteiger partial charge is 0.251 e. The lowest BCUT2D eigenvalue weighted by Crippen LogP contribution is -2.55. The number of hydrogen-bond acceptors (Lipinski definition) is 4. The maximum absolute atomic E-state index is 12.7. The summed E-state index contributed by atoms with van der Waals surface area (Å²) in [6, 6.07) is 8.67. The fourth-order valence-electron chi connectivity index (χ4n) is 2.80. The zero-order chi connectivity index (χ0) is 16.3. The fourth-order valence-corrected chi connectivity index (χ4v) is 2.80. The highest BCUT2D eigenvalue weighted by Crippen LogP contribution is 2.28.